The summed E-state index contributed by atoms with van der Waals surface area (Å²) in [6, 6.07) is 9.51. The third-order valence-electron chi connectivity index (χ3n) is 2.42. The van der Waals surface area contributed by atoms with Crippen LogP contribution in [0.3, 0.4) is 0 Å². The minimum Gasteiger partial charge on any atom is -0.497 e. The Labute approximate surface area is 127 Å². The number of halogens is 1. The maximum atomic E-state index is 6.01. The highest BCUT2D eigenvalue weighted by atomic mass is 35.5. The minimum atomic E-state index is 0.364. The maximum Gasteiger partial charge on any atom is 0.157 e. The minimum absolute atomic E-state index is 0.364. The highest BCUT2D eigenvalue weighted by molar-refractivity contribution is 7.99. The summed E-state index contributed by atoms with van der Waals surface area (Å²) in [5, 5.41) is 1.20. The Morgan fingerprint density at radius 2 is 2.10 bits per heavy atom. The van der Waals surface area contributed by atoms with Crippen LogP contribution < -0.4 is 4.74 Å². The highest BCUT2D eigenvalue weighted by Crippen LogP contribution is 2.29. The van der Waals surface area contributed by atoms with E-state index < -0.39 is 0 Å². The SMILES string of the molecule is CCOCc1nc(Cl)cc(Sc2cccc(OC)c2)n1. The van der Waals surface area contributed by atoms with E-state index in [0.717, 1.165) is 15.7 Å². The van der Waals surface area contributed by atoms with Gasteiger partial charge in [0.2, 0.25) is 0 Å². The zero-order valence-electron chi connectivity index (χ0n) is 11.3. The molecule has 0 unspecified atom stereocenters. The van der Waals surface area contributed by atoms with Gasteiger partial charge in [-0.15, -0.1) is 0 Å². The van der Waals surface area contributed by atoms with Crippen molar-refractivity contribution < 1.29 is 9.47 Å². The van der Waals surface area contributed by atoms with E-state index in [-0.39, 0.29) is 0 Å². The summed E-state index contributed by atoms with van der Waals surface area (Å²) in [6.07, 6.45) is 0. The second kappa shape index (κ2) is 7.47. The first-order valence-electron chi connectivity index (χ1n) is 6.14. The summed E-state index contributed by atoms with van der Waals surface area (Å²) >= 11 is 7.52. The molecule has 0 fully saturated rings. The van der Waals surface area contributed by atoms with E-state index in [1.54, 1.807) is 13.2 Å². The van der Waals surface area contributed by atoms with E-state index in [2.05, 4.69) is 9.97 Å². The Hall–Kier alpha value is -1.30. The van der Waals surface area contributed by atoms with E-state index in [1.807, 2.05) is 31.2 Å². The molecule has 0 saturated heterocycles. The van der Waals surface area contributed by atoms with Gasteiger partial charge in [-0.25, -0.2) is 9.97 Å². The first-order chi connectivity index (χ1) is 9.71. The Kier molecular flexibility index (Phi) is 5.64. The zero-order chi connectivity index (χ0) is 14.4. The fourth-order valence-electron chi connectivity index (χ4n) is 1.54. The zero-order valence-corrected chi connectivity index (χ0v) is 12.9. The molecule has 6 heteroatoms. The van der Waals surface area contributed by atoms with Crippen LogP contribution in [0.15, 0.2) is 40.3 Å². The van der Waals surface area contributed by atoms with Crippen LogP contribution in [0.5, 0.6) is 5.75 Å². The van der Waals surface area contributed by atoms with Crippen LogP contribution in [0.1, 0.15) is 12.7 Å². The number of aromatic nitrogens is 2. The van der Waals surface area contributed by atoms with Crippen LogP contribution in [0.25, 0.3) is 0 Å². The van der Waals surface area contributed by atoms with Crippen LogP contribution >= 0.6 is 23.4 Å². The molecule has 106 valence electrons. The van der Waals surface area contributed by atoms with Crippen molar-refractivity contribution in [3.8, 4) is 5.75 Å². The van der Waals surface area contributed by atoms with E-state index in [1.165, 1.54) is 11.8 Å². The van der Waals surface area contributed by atoms with Crippen molar-refractivity contribution in [1.29, 1.82) is 0 Å². The summed E-state index contributed by atoms with van der Waals surface area (Å²) in [7, 11) is 1.64. The van der Waals surface area contributed by atoms with Crippen molar-refractivity contribution >= 4 is 23.4 Å². The number of benzene rings is 1. The lowest BCUT2D eigenvalue weighted by Crippen LogP contribution is -2.00. The summed E-state index contributed by atoms with van der Waals surface area (Å²) in [5.74, 6) is 1.40. The van der Waals surface area contributed by atoms with Crippen molar-refractivity contribution in [3.05, 3.63) is 41.3 Å². The smallest absolute Gasteiger partial charge is 0.157 e. The van der Waals surface area contributed by atoms with Crippen molar-refractivity contribution in [3.63, 3.8) is 0 Å². The molecule has 2 rings (SSSR count). The van der Waals surface area contributed by atoms with E-state index in [0.29, 0.717) is 24.2 Å². The third kappa shape index (κ3) is 4.37. The quantitative estimate of drug-likeness (QED) is 0.759. The average molecular weight is 311 g/mol. The molecular weight excluding hydrogens is 296 g/mol. The van der Waals surface area contributed by atoms with Crippen molar-refractivity contribution in [1.82, 2.24) is 9.97 Å². The largest absolute Gasteiger partial charge is 0.497 e. The van der Waals surface area contributed by atoms with E-state index >= 15 is 0 Å². The maximum absolute atomic E-state index is 6.01. The molecule has 0 saturated carbocycles. The molecule has 0 amide bonds. The van der Waals surface area contributed by atoms with Crippen molar-refractivity contribution in [2.45, 2.75) is 23.5 Å². The van der Waals surface area contributed by atoms with Gasteiger partial charge in [0.15, 0.2) is 5.82 Å². The lowest BCUT2D eigenvalue weighted by Gasteiger charge is -2.06. The van der Waals surface area contributed by atoms with E-state index in [4.69, 9.17) is 21.1 Å². The molecule has 1 aromatic heterocycles. The van der Waals surface area contributed by atoms with Crippen LogP contribution in [-0.2, 0) is 11.3 Å². The number of nitrogens with zero attached hydrogens (tertiary/aromatic N) is 2. The molecule has 0 radical (unpaired) electrons. The summed E-state index contributed by atoms with van der Waals surface area (Å²) in [4.78, 5) is 9.59. The Morgan fingerprint density at radius 3 is 2.85 bits per heavy atom. The number of hydrogen-bond donors (Lipinski definition) is 0. The molecule has 4 nitrogen and oxygen atoms in total. The van der Waals surface area contributed by atoms with Gasteiger partial charge in [0, 0.05) is 17.6 Å². The van der Waals surface area contributed by atoms with Gasteiger partial charge >= 0.3 is 0 Å². The summed E-state index contributed by atoms with van der Waals surface area (Å²) < 4.78 is 10.5. The second-order valence-electron chi connectivity index (χ2n) is 3.86. The summed E-state index contributed by atoms with van der Waals surface area (Å²) in [6.45, 7) is 2.91. The lowest BCUT2D eigenvalue weighted by atomic mass is 10.3. The fraction of sp³-hybridized carbons (Fsp3) is 0.286. The molecule has 0 N–H and O–H groups in total. The van der Waals surface area contributed by atoms with Gasteiger partial charge in [0.1, 0.15) is 22.5 Å². The third-order valence-corrected chi connectivity index (χ3v) is 3.52. The number of rotatable bonds is 6. The summed E-state index contributed by atoms with van der Waals surface area (Å²) in [5.41, 5.74) is 0. The van der Waals surface area contributed by atoms with Gasteiger partial charge in [-0.1, -0.05) is 29.4 Å². The van der Waals surface area contributed by atoms with Crippen molar-refractivity contribution in [2.75, 3.05) is 13.7 Å². The fourth-order valence-corrected chi connectivity index (χ4v) is 2.69. The molecule has 0 bridgehead atoms. The number of hydrogen-bond acceptors (Lipinski definition) is 5. The second-order valence-corrected chi connectivity index (χ2v) is 5.34. The van der Waals surface area contributed by atoms with Crippen LogP contribution in [0, 0.1) is 0 Å². The van der Waals surface area contributed by atoms with Crippen molar-refractivity contribution in [2.24, 2.45) is 0 Å². The molecule has 0 atom stereocenters. The van der Waals surface area contributed by atoms with Crippen LogP contribution in [0.4, 0.5) is 0 Å². The van der Waals surface area contributed by atoms with Gasteiger partial charge < -0.3 is 9.47 Å². The average Bonchev–Trinajstić information content (AvgIpc) is 2.44. The standard InChI is InChI=1S/C14H15ClN2O2S/c1-3-19-9-13-16-12(15)8-14(17-13)20-11-6-4-5-10(7-11)18-2/h4-8H,3,9H2,1-2H3. The molecule has 0 aliphatic rings. The predicted molar refractivity (Wildman–Crippen MR) is 79.5 cm³/mol. The topological polar surface area (TPSA) is 44.2 Å². The predicted octanol–water partition coefficient (Wildman–Crippen LogP) is 3.83. The molecule has 1 heterocycles. The number of methoxy groups -OCH3 is 1. The van der Waals surface area contributed by atoms with Gasteiger partial charge in [-0.2, -0.15) is 0 Å². The van der Waals surface area contributed by atoms with Gasteiger partial charge in [0.05, 0.1) is 7.11 Å². The van der Waals surface area contributed by atoms with Gasteiger partial charge in [0.25, 0.3) is 0 Å². The normalized spacial score (nSPS) is 10.6. The molecule has 0 aliphatic heterocycles. The molecular formula is C14H15ClN2O2S. The highest BCUT2D eigenvalue weighted by Gasteiger charge is 2.06. The Morgan fingerprint density at radius 1 is 1.25 bits per heavy atom. The molecule has 1 aromatic carbocycles. The molecule has 0 aliphatic carbocycles. The Balaban J connectivity index is 2.17. The Bertz CT molecular complexity index is 581. The van der Waals surface area contributed by atoms with Crippen LogP contribution in [-0.4, -0.2) is 23.7 Å². The lowest BCUT2D eigenvalue weighted by molar-refractivity contribution is 0.128. The molecule has 20 heavy (non-hydrogen) atoms. The molecule has 2 aromatic rings. The van der Waals surface area contributed by atoms with Crippen LogP contribution in [0.2, 0.25) is 5.15 Å². The van der Waals surface area contributed by atoms with Gasteiger partial charge in [-0.3, -0.25) is 0 Å². The number of ether oxygens (including phenoxy) is 2. The first kappa shape index (κ1) is 15.1. The van der Waals surface area contributed by atoms with E-state index in [9.17, 15) is 0 Å². The monoisotopic (exact) mass is 310 g/mol. The molecule has 0 spiro atoms. The first-order valence-corrected chi connectivity index (χ1v) is 7.34. The van der Waals surface area contributed by atoms with Gasteiger partial charge in [-0.05, 0) is 25.1 Å².